The molecular weight excluding hydrogens is 881 g/mol. The first-order chi connectivity index (χ1) is 31.3. The Morgan fingerprint density at radius 2 is 1.21 bits per heavy atom. The Morgan fingerprint density at radius 3 is 1.82 bits per heavy atom. The largest absolute Gasteiger partial charge is 0.479 e. The summed E-state index contributed by atoms with van der Waals surface area (Å²) in [6, 6.07) is 0. The Kier molecular flexibility index (Phi) is 14.1. The highest BCUT2D eigenvalue weighted by Crippen LogP contribution is 2.76. The first kappa shape index (κ1) is 51.9. The molecule has 0 bridgehead atoms. The third-order valence-corrected chi connectivity index (χ3v) is 19.5. The molecule has 5 aliphatic carbocycles. The summed E-state index contributed by atoms with van der Waals surface area (Å²) in [6.45, 7) is 14.0. The van der Waals surface area contributed by atoms with Crippen molar-refractivity contribution in [3.63, 3.8) is 0 Å². The first-order valence-electron chi connectivity index (χ1n) is 24.4. The summed E-state index contributed by atoms with van der Waals surface area (Å²) in [5.41, 5.74) is -0.143. The molecular formula is C48H78O19. The molecule has 3 aliphatic heterocycles. The van der Waals surface area contributed by atoms with E-state index < -0.39 is 123 Å². The fourth-order valence-corrected chi connectivity index (χ4v) is 15.2. The van der Waals surface area contributed by atoms with Crippen LogP contribution in [0.2, 0.25) is 0 Å². The summed E-state index contributed by atoms with van der Waals surface area (Å²) >= 11 is 0. The van der Waals surface area contributed by atoms with Crippen LogP contribution >= 0.6 is 0 Å². The number of rotatable bonds is 10. The molecule has 3 saturated heterocycles. The van der Waals surface area contributed by atoms with Gasteiger partial charge in [0.25, 0.3) is 0 Å². The van der Waals surface area contributed by atoms with E-state index in [0.717, 1.165) is 44.9 Å². The Balaban J connectivity index is 1.08. The average molecular weight is 959 g/mol. The number of aliphatic carboxylic acids is 1. The van der Waals surface area contributed by atoms with Crippen molar-refractivity contribution in [3.8, 4) is 0 Å². The van der Waals surface area contributed by atoms with E-state index in [4.69, 9.17) is 28.4 Å². The Hall–Kier alpha value is -1.47. The SMILES string of the molecule is CC1(C)CC(O)[C@]2(C)CC[C@]3(C)C(=CCC4[C@@]5(C)CCC(OC6OC(C(=O)O)C(O)C(O)C6OC6OC(CO)C(O)C(O)C6OC6OC(CO)C(O)C(O)C6O)[C@](C)(CO)C5CC[C@]43C)C2C1. The van der Waals surface area contributed by atoms with Crippen molar-refractivity contribution in [1.29, 1.82) is 0 Å². The maximum absolute atomic E-state index is 12.5. The molecule has 20 unspecified atom stereocenters. The molecule has 4 saturated carbocycles. The van der Waals surface area contributed by atoms with Crippen LogP contribution in [-0.4, -0.2) is 191 Å². The molecule has 0 radical (unpaired) electrons. The van der Waals surface area contributed by atoms with Gasteiger partial charge in [0.2, 0.25) is 0 Å². The number of hydrogen-bond acceptors (Lipinski definition) is 18. The highest BCUT2D eigenvalue weighted by atomic mass is 16.8. The van der Waals surface area contributed by atoms with Gasteiger partial charge in [-0.15, -0.1) is 0 Å². The number of hydrogen-bond donors (Lipinski definition) is 12. The van der Waals surface area contributed by atoms with Gasteiger partial charge in [-0.25, -0.2) is 4.79 Å². The highest BCUT2D eigenvalue weighted by Gasteiger charge is 2.70. The Bertz CT molecular complexity index is 1830. The Morgan fingerprint density at radius 1 is 0.627 bits per heavy atom. The molecule has 19 nitrogen and oxygen atoms in total. The van der Waals surface area contributed by atoms with E-state index in [1.165, 1.54) is 5.57 Å². The second-order valence-corrected chi connectivity index (χ2v) is 23.6. The van der Waals surface area contributed by atoms with Crippen molar-refractivity contribution in [2.45, 2.75) is 211 Å². The van der Waals surface area contributed by atoms with E-state index in [2.05, 4.69) is 47.6 Å². The zero-order valence-electron chi connectivity index (χ0n) is 39.8. The van der Waals surface area contributed by atoms with E-state index in [9.17, 15) is 66.1 Å². The topological polar surface area (TPSA) is 315 Å². The first-order valence-corrected chi connectivity index (χ1v) is 24.4. The van der Waals surface area contributed by atoms with Crippen molar-refractivity contribution >= 4 is 5.97 Å². The molecule has 8 rings (SSSR count). The van der Waals surface area contributed by atoms with Gasteiger partial charge >= 0.3 is 5.97 Å². The van der Waals surface area contributed by atoms with Crippen LogP contribution in [0.4, 0.5) is 0 Å². The lowest BCUT2D eigenvalue weighted by molar-refractivity contribution is -0.397. The summed E-state index contributed by atoms with van der Waals surface area (Å²) in [5.74, 6) is -1.22. The van der Waals surface area contributed by atoms with Crippen molar-refractivity contribution < 1.29 is 94.5 Å². The molecule has 19 heteroatoms. The van der Waals surface area contributed by atoms with Crippen molar-refractivity contribution in [2.75, 3.05) is 19.8 Å². The van der Waals surface area contributed by atoms with Crippen LogP contribution in [0, 0.1) is 50.2 Å². The predicted octanol–water partition coefficient (Wildman–Crippen LogP) is -0.323. The summed E-state index contributed by atoms with van der Waals surface area (Å²) in [4.78, 5) is 12.5. The molecule has 0 spiro atoms. The minimum Gasteiger partial charge on any atom is -0.479 e. The molecule has 8 aliphatic rings. The quantitative estimate of drug-likeness (QED) is 0.0986. The fraction of sp³-hybridized carbons (Fsp3) is 0.938. The molecule has 0 amide bonds. The van der Waals surface area contributed by atoms with Gasteiger partial charge in [-0.2, -0.15) is 0 Å². The van der Waals surface area contributed by atoms with E-state index in [1.807, 2.05) is 6.92 Å². The molecule has 0 aromatic carbocycles. The molecule has 0 aromatic rings. The lowest BCUT2D eigenvalue weighted by Gasteiger charge is -2.72. The molecule has 12 N–H and O–H groups in total. The normalized spacial score (nSPS) is 55.3. The number of carboxylic acids is 1. The van der Waals surface area contributed by atoms with Gasteiger partial charge < -0.3 is 89.7 Å². The number of allylic oxidation sites excluding steroid dienone is 2. The zero-order chi connectivity index (χ0) is 49.1. The average Bonchev–Trinajstić information content (AvgIpc) is 3.27. The maximum atomic E-state index is 12.5. The minimum atomic E-state index is -2.10. The molecule has 67 heavy (non-hydrogen) atoms. The number of carbonyl (C=O) groups is 1. The number of fused-ring (bicyclic) bond motifs is 7. The van der Waals surface area contributed by atoms with E-state index in [1.54, 1.807) is 0 Å². The van der Waals surface area contributed by atoms with E-state index in [0.29, 0.717) is 12.8 Å². The molecule has 384 valence electrons. The van der Waals surface area contributed by atoms with Gasteiger partial charge in [0.1, 0.15) is 67.1 Å². The van der Waals surface area contributed by atoms with E-state index >= 15 is 0 Å². The second-order valence-electron chi connectivity index (χ2n) is 23.6. The van der Waals surface area contributed by atoms with Crippen LogP contribution in [0.25, 0.3) is 0 Å². The van der Waals surface area contributed by atoms with Crippen LogP contribution in [-0.2, 0) is 33.2 Å². The Labute approximate surface area is 392 Å². The monoisotopic (exact) mass is 959 g/mol. The number of ether oxygens (including phenoxy) is 6. The number of carboxylic acid groups (broad SMARTS) is 1. The summed E-state index contributed by atoms with van der Waals surface area (Å²) in [7, 11) is 0. The lowest BCUT2D eigenvalue weighted by atomic mass is 9.33. The molecule has 0 aromatic heterocycles. The number of aliphatic hydroxyl groups is 11. The second kappa shape index (κ2) is 18.2. The van der Waals surface area contributed by atoms with Crippen molar-refractivity contribution in [2.24, 2.45) is 50.2 Å². The maximum Gasteiger partial charge on any atom is 0.335 e. The van der Waals surface area contributed by atoms with Gasteiger partial charge in [-0.05, 0) is 97.2 Å². The highest BCUT2D eigenvalue weighted by molar-refractivity contribution is 5.73. The van der Waals surface area contributed by atoms with Gasteiger partial charge in [0, 0.05) is 10.8 Å². The third-order valence-electron chi connectivity index (χ3n) is 19.5. The van der Waals surface area contributed by atoms with Crippen LogP contribution in [0.5, 0.6) is 0 Å². The van der Waals surface area contributed by atoms with Gasteiger partial charge in [-0.3, -0.25) is 0 Å². The van der Waals surface area contributed by atoms with E-state index in [-0.39, 0.29) is 57.5 Å². The van der Waals surface area contributed by atoms with Crippen LogP contribution in [0.3, 0.4) is 0 Å². The van der Waals surface area contributed by atoms with Crippen molar-refractivity contribution in [1.82, 2.24) is 0 Å². The van der Waals surface area contributed by atoms with Crippen LogP contribution in [0.1, 0.15) is 106 Å². The lowest BCUT2D eigenvalue weighted by Crippen LogP contribution is -2.68. The zero-order valence-corrected chi connectivity index (χ0v) is 39.8. The minimum absolute atomic E-state index is 0.00861. The van der Waals surface area contributed by atoms with Crippen LogP contribution < -0.4 is 0 Å². The van der Waals surface area contributed by atoms with Gasteiger partial charge in [0.05, 0.1) is 32.0 Å². The van der Waals surface area contributed by atoms with Gasteiger partial charge in [-0.1, -0.05) is 60.1 Å². The predicted molar refractivity (Wildman–Crippen MR) is 232 cm³/mol. The standard InChI is InChI=1S/C48H78O19/c1-43(2)16-22-21-8-9-26-45(4)12-11-28(46(5,20-51)25(45)10-13-48(26,7)47(21,6)15-14-44(22,3)27(52)17-43)64-42-38(34(58)33(57)36(65-42)39(60)61)67-41-37(32(56)30(54)24(19-50)63-41)66-40-35(59)31(55)29(53)23(18-49)62-40/h8,22-38,40-42,49-59H,9-20H2,1-7H3,(H,60,61)/t22?,23?,24?,25?,26?,27?,28?,29?,30?,31?,32?,33?,34?,35?,36?,37?,38?,40?,41?,42?,44-,45+,46-,47-,48-/m1/s1. The molecule has 3 heterocycles. The summed E-state index contributed by atoms with van der Waals surface area (Å²) in [6.07, 6.45) is -19.2. The summed E-state index contributed by atoms with van der Waals surface area (Å²) < 4.78 is 36.0. The smallest absolute Gasteiger partial charge is 0.335 e. The fourth-order valence-electron chi connectivity index (χ4n) is 15.2. The summed E-state index contributed by atoms with van der Waals surface area (Å²) in [5, 5.41) is 130. The third kappa shape index (κ3) is 8.10. The molecule has 7 fully saturated rings. The molecule has 25 atom stereocenters. The number of aliphatic hydroxyl groups excluding tert-OH is 11. The van der Waals surface area contributed by atoms with Gasteiger partial charge in [0.15, 0.2) is 25.0 Å². The van der Waals surface area contributed by atoms with Crippen LogP contribution in [0.15, 0.2) is 11.6 Å². The van der Waals surface area contributed by atoms with Crippen molar-refractivity contribution in [3.05, 3.63) is 11.6 Å².